The van der Waals surface area contributed by atoms with E-state index in [1.54, 1.807) is 0 Å². The van der Waals surface area contributed by atoms with Crippen molar-refractivity contribution >= 4 is 23.7 Å². The van der Waals surface area contributed by atoms with Gasteiger partial charge in [-0.15, -0.1) is 11.8 Å². The van der Waals surface area contributed by atoms with Crippen molar-refractivity contribution in [3.8, 4) is 0 Å². The molecule has 2 atom stereocenters. The summed E-state index contributed by atoms with van der Waals surface area (Å²) in [6.45, 7) is 0. The first kappa shape index (κ1) is 10.4. The second-order valence-electron chi connectivity index (χ2n) is 2.74. The van der Waals surface area contributed by atoms with Crippen LogP contribution in [-0.2, 0) is 19.1 Å². The number of ether oxygens (including phenoxy) is 2. The number of carbonyl (C=O) groups excluding carboxylic acids is 2. The minimum Gasteiger partial charge on any atom is -0.468 e. The third-order valence-corrected chi connectivity index (χ3v) is 3.46. The topological polar surface area (TPSA) is 52.6 Å². The molecule has 0 N–H and O–H groups in total. The minimum absolute atomic E-state index is 0.200. The summed E-state index contributed by atoms with van der Waals surface area (Å²) in [4.78, 5) is 22.2. The lowest BCUT2D eigenvalue weighted by Gasteiger charge is -2.07. The Kier molecular flexibility index (Phi) is 3.59. The normalized spacial score (nSPS) is 26.9. The molecular weight excluding hydrogens is 192 g/mol. The molecular formula is C8H12O4S. The molecule has 13 heavy (non-hydrogen) atoms. The molecule has 1 aliphatic rings. The van der Waals surface area contributed by atoms with Crippen LogP contribution in [0.2, 0.25) is 0 Å². The highest BCUT2D eigenvalue weighted by atomic mass is 32.2. The van der Waals surface area contributed by atoms with Crippen LogP contribution in [0.5, 0.6) is 0 Å². The third-order valence-electron chi connectivity index (χ3n) is 1.95. The molecule has 0 bridgehead atoms. The van der Waals surface area contributed by atoms with Gasteiger partial charge in [-0.2, -0.15) is 0 Å². The molecule has 0 radical (unpaired) electrons. The Labute approximate surface area is 81.0 Å². The summed E-state index contributed by atoms with van der Waals surface area (Å²) in [5, 5.41) is -0.400. The van der Waals surface area contributed by atoms with E-state index in [0.29, 0.717) is 12.8 Å². The molecule has 0 spiro atoms. The zero-order chi connectivity index (χ0) is 9.84. The maximum atomic E-state index is 11.1. The summed E-state index contributed by atoms with van der Waals surface area (Å²) in [6.07, 6.45) is 1.38. The van der Waals surface area contributed by atoms with Crippen LogP contribution in [0, 0.1) is 0 Å². The van der Waals surface area contributed by atoms with Crippen molar-refractivity contribution in [3.05, 3.63) is 0 Å². The van der Waals surface area contributed by atoms with E-state index in [-0.39, 0.29) is 22.4 Å². The van der Waals surface area contributed by atoms with Crippen molar-refractivity contribution in [1.82, 2.24) is 0 Å². The van der Waals surface area contributed by atoms with E-state index in [0.717, 1.165) is 0 Å². The second kappa shape index (κ2) is 4.50. The average molecular weight is 204 g/mol. The van der Waals surface area contributed by atoms with Crippen LogP contribution in [0.15, 0.2) is 0 Å². The third kappa shape index (κ3) is 2.37. The van der Waals surface area contributed by atoms with Gasteiger partial charge in [0.15, 0.2) is 0 Å². The maximum Gasteiger partial charge on any atom is 0.318 e. The predicted molar refractivity (Wildman–Crippen MR) is 48.4 cm³/mol. The van der Waals surface area contributed by atoms with Gasteiger partial charge in [-0.25, -0.2) is 0 Å². The molecule has 2 unspecified atom stereocenters. The van der Waals surface area contributed by atoms with Gasteiger partial charge in [0.05, 0.1) is 14.2 Å². The lowest BCUT2D eigenvalue weighted by Crippen LogP contribution is -2.18. The number of hydrogen-bond acceptors (Lipinski definition) is 5. The molecule has 0 aromatic carbocycles. The summed E-state index contributed by atoms with van der Waals surface area (Å²) in [6, 6.07) is 0. The molecule has 0 aromatic rings. The molecule has 74 valence electrons. The number of carbonyl (C=O) groups is 2. The van der Waals surface area contributed by atoms with E-state index in [4.69, 9.17) is 0 Å². The van der Waals surface area contributed by atoms with Crippen molar-refractivity contribution in [2.45, 2.75) is 23.3 Å². The Balaban J connectivity index is 2.44. The van der Waals surface area contributed by atoms with Gasteiger partial charge in [0, 0.05) is 0 Å². The molecule has 0 saturated carbocycles. The molecule has 4 nitrogen and oxygen atoms in total. The number of thioether (sulfide) groups is 1. The molecule has 1 heterocycles. The Hall–Kier alpha value is -0.710. The number of esters is 2. The molecule has 1 fully saturated rings. The first-order valence-corrected chi connectivity index (χ1v) is 4.94. The van der Waals surface area contributed by atoms with Gasteiger partial charge in [0.25, 0.3) is 0 Å². The molecule has 0 amide bonds. The van der Waals surface area contributed by atoms with Crippen molar-refractivity contribution in [3.63, 3.8) is 0 Å². The van der Waals surface area contributed by atoms with E-state index in [1.165, 1.54) is 26.0 Å². The van der Waals surface area contributed by atoms with Crippen molar-refractivity contribution in [1.29, 1.82) is 0 Å². The standard InChI is InChI=1S/C8H12O4S/c1-11-7(9)5-3-4-6(13-5)8(10)12-2/h5-6H,3-4H2,1-2H3. The van der Waals surface area contributed by atoms with E-state index in [2.05, 4.69) is 9.47 Å². The Morgan fingerprint density at radius 2 is 1.46 bits per heavy atom. The predicted octanol–water partition coefficient (Wildman–Crippen LogP) is 0.597. The van der Waals surface area contributed by atoms with E-state index in [9.17, 15) is 9.59 Å². The zero-order valence-electron chi connectivity index (χ0n) is 7.61. The molecule has 0 aromatic heterocycles. The summed E-state index contributed by atoms with van der Waals surface area (Å²) in [5.41, 5.74) is 0. The summed E-state index contributed by atoms with van der Waals surface area (Å²) in [5.74, 6) is -0.507. The molecule has 5 heteroatoms. The van der Waals surface area contributed by atoms with Crippen LogP contribution in [0.4, 0.5) is 0 Å². The Bertz CT molecular complexity index is 194. The van der Waals surface area contributed by atoms with Crippen LogP contribution in [0.1, 0.15) is 12.8 Å². The Morgan fingerprint density at radius 1 is 1.08 bits per heavy atom. The van der Waals surface area contributed by atoms with Crippen molar-refractivity contribution in [2.24, 2.45) is 0 Å². The summed E-state index contributed by atoms with van der Waals surface area (Å²) < 4.78 is 9.17. The van der Waals surface area contributed by atoms with Crippen LogP contribution in [0.25, 0.3) is 0 Å². The van der Waals surface area contributed by atoms with Gasteiger partial charge in [-0.1, -0.05) is 0 Å². The van der Waals surface area contributed by atoms with Gasteiger partial charge < -0.3 is 9.47 Å². The molecule has 0 aliphatic carbocycles. The van der Waals surface area contributed by atoms with Crippen molar-refractivity contribution in [2.75, 3.05) is 14.2 Å². The van der Waals surface area contributed by atoms with Gasteiger partial charge in [-0.3, -0.25) is 9.59 Å². The summed E-state index contributed by atoms with van der Waals surface area (Å²) in [7, 11) is 2.71. The van der Waals surface area contributed by atoms with E-state index >= 15 is 0 Å². The van der Waals surface area contributed by atoms with Gasteiger partial charge >= 0.3 is 11.9 Å². The highest BCUT2D eigenvalue weighted by Crippen LogP contribution is 2.34. The van der Waals surface area contributed by atoms with E-state index < -0.39 is 0 Å². The lowest BCUT2D eigenvalue weighted by molar-refractivity contribution is -0.141. The quantitative estimate of drug-likeness (QED) is 0.616. The SMILES string of the molecule is COC(=O)C1CCC(C(=O)OC)S1. The number of hydrogen-bond donors (Lipinski definition) is 0. The van der Waals surface area contributed by atoms with Gasteiger partial charge in [0.2, 0.25) is 0 Å². The van der Waals surface area contributed by atoms with Crippen LogP contribution in [0.3, 0.4) is 0 Å². The molecule has 1 aliphatic heterocycles. The van der Waals surface area contributed by atoms with Crippen LogP contribution < -0.4 is 0 Å². The summed E-state index contributed by atoms with van der Waals surface area (Å²) >= 11 is 1.33. The fraction of sp³-hybridized carbons (Fsp3) is 0.750. The highest BCUT2D eigenvalue weighted by molar-refractivity contribution is 8.02. The lowest BCUT2D eigenvalue weighted by atomic mass is 10.2. The fourth-order valence-corrected chi connectivity index (χ4v) is 2.60. The van der Waals surface area contributed by atoms with Gasteiger partial charge in [0.1, 0.15) is 10.5 Å². The number of methoxy groups -OCH3 is 2. The highest BCUT2D eigenvalue weighted by Gasteiger charge is 2.35. The minimum atomic E-state index is -0.253. The fourth-order valence-electron chi connectivity index (χ4n) is 1.25. The largest absolute Gasteiger partial charge is 0.468 e. The number of rotatable bonds is 2. The van der Waals surface area contributed by atoms with E-state index in [1.807, 2.05) is 0 Å². The molecule has 1 rings (SSSR count). The Morgan fingerprint density at radius 3 is 1.77 bits per heavy atom. The van der Waals surface area contributed by atoms with Gasteiger partial charge in [-0.05, 0) is 12.8 Å². The average Bonchev–Trinajstić information content (AvgIpc) is 2.64. The zero-order valence-corrected chi connectivity index (χ0v) is 8.43. The monoisotopic (exact) mass is 204 g/mol. The van der Waals surface area contributed by atoms with Crippen molar-refractivity contribution < 1.29 is 19.1 Å². The first-order valence-electron chi connectivity index (χ1n) is 4.00. The first-order chi connectivity index (χ1) is 6.19. The molecule has 1 saturated heterocycles. The second-order valence-corrected chi connectivity index (χ2v) is 4.15. The maximum absolute atomic E-state index is 11.1. The van der Waals surface area contributed by atoms with Crippen LogP contribution in [-0.4, -0.2) is 36.7 Å². The van der Waals surface area contributed by atoms with Crippen LogP contribution >= 0.6 is 11.8 Å². The smallest absolute Gasteiger partial charge is 0.318 e.